The SMILES string of the molecule is CC(C)(C)COC(=O)NCCN. The van der Waals surface area contributed by atoms with Crippen LogP contribution in [0.1, 0.15) is 20.8 Å². The lowest BCUT2D eigenvalue weighted by Gasteiger charge is -2.17. The monoisotopic (exact) mass is 174 g/mol. The van der Waals surface area contributed by atoms with E-state index in [1.807, 2.05) is 20.8 Å². The highest BCUT2D eigenvalue weighted by molar-refractivity contribution is 5.67. The van der Waals surface area contributed by atoms with Crippen LogP contribution in [0, 0.1) is 5.41 Å². The molecule has 0 rings (SSSR count). The molecule has 0 fully saturated rings. The maximum atomic E-state index is 10.9. The van der Waals surface area contributed by atoms with Crippen molar-refractivity contribution >= 4 is 6.09 Å². The molecule has 0 saturated carbocycles. The van der Waals surface area contributed by atoms with Crippen molar-refractivity contribution in [3.63, 3.8) is 0 Å². The van der Waals surface area contributed by atoms with Gasteiger partial charge < -0.3 is 15.8 Å². The zero-order valence-electron chi connectivity index (χ0n) is 8.02. The normalized spacial score (nSPS) is 11.0. The van der Waals surface area contributed by atoms with Gasteiger partial charge in [0.1, 0.15) is 0 Å². The maximum absolute atomic E-state index is 10.9. The first-order chi connectivity index (χ1) is 5.45. The largest absolute Gasteiger partial charge is 0.449 e. The van der Waals surface area contributed by atoms with Crippen LogP contribution in [-0.2, 0) is 4.74 Å². The van der Waals surface area contributed by atoms with E-state index in [1.165, 1.54) is 0 Å². The molecule has 4 nitrogen and oxygen atoms in total. The van der Waals surface area contributed by atoms with Crippen molar-refractivity contribution in [1.82, 2.24) is 5.32 Å². The van der Waals surface area contributed by atoms with Crippen molar-refractivity contribution in [2.24, 2.45) is 11.1 Å². The molecular formula is C8H18N2O2. The molecule has 0 radical (unpaired) electrons. The molecule has 72 valence electrons. The molecule has 0 bridgehead atoms. The van der Waals surface area contributed by atoms with Crippen molar-refractivity contribution in [1.29, 1.82) is 0 Å². The minimum absolute atomic E-state index is 0.0139. The number of carbonyl (C=O) groups is 1. The van der Waals surface area contributed by atoms with Crippen LogP contribution < -0.4 is 11.1 Å². The molecule has 0 aliphatic heterocycles. The van der Waals surface area contributed by atoms with E-state index in [0.29, 0.717) is 19.7 Å². The molecule has 0 heterocycles. The molecule has 0 spiro atoms. The number of alkyl carbamates (subject to hydrolysis) is 1. The Morgan fingerprint density at radius 3 is 2.50 bits per heavy atom. The van der Waals surface area contributed by atoms with E-state index in [2.05, 4.69) is 5.32 Å². The van der Waals surface area contributed by atoms with E-state index in [4.69, 9.17) is 10.5 Å². The quantitative estimate of drug-likeness (QED) is 0.662. The number of hydrogen-bond acceptors (Lipinski definition) is 3. The predicted octanol–water partition coefficient (Wildman–Crippen LogP) is 0.717. The molecule has 3 N–H and O–H groups in total. The summed E-state index contributed by atoms with van der Waals surface area (Å²) in [5.74, 6) is 0. The highest BCUT2D eigenvalue weighted by Gasteiger charge is 2.12. The Morgan fingerprint density at radius 2 is 2.08 bits per heavy atom. The number of nitrogens with two attached hydrogens (primary N) is 1. The Balaban J connectivity index is 3.44. The van der Waals surface area contributed by atoms with Crippen LogP contribution >= 0.6 is 0 Å². The van der Waals surface area contributed by atoms with E-state index in [0.717, 1.165) is 0 Å². The molecule has 0 aromatic carbocycles. The van der Waals surface area contributed by atoms with Gasteiger partial charge in [0.2, 0.25) is 0 Å². The van der Waals surface area contributed by atoms with E-state index in [9.17, 15) is 4.79 Å². The van der Waals surface area contributed by atoms with Gasteiger partial charge in [-0.25, -0.2) is 4.79 Å². The lowest BCUT2D eigenvalue weighted by molar-refractivity contribution is 0.106. The van der Waals surface area contributed by atoms with E-state index in [1.54, 1.807) is 0 Å². The van der Waals surface area contributed by atoms with Crippen LogP contribution in [0.15, 0.2) is 0 Å². The van der Waals surface area contributed by atoms with Gasteiger partial charge in [-0.15, -0.1) is 0 Å². The Hall–Kier alpha value is -0.770. The summed E-state index contributed by atoms with van der Waals surface area (Å²) in [7, 11) is 0. The number of ether oxygens (including phenoxy) is 1. The van der Waals surface area contributed by atoms with Crippen LogP contribution in [0.3, 0.4) is 0 Å². The lowest BCUT2D eigenvalue weighted by Crippen LogP contribution is -2.31. The first-order valence-electron chi connectivity index (χ1n) is 4.06. The Kier molecular flexibility index (Phi) is 4.66. The average molecular weight is 174 g/mol. The minimum Gasteiger partial charge on any atom is -0.449 e. The molecule has 0 aromatic heterocycles. The standard InChI is InChI=1S/C8H18N2O2/c1-8(2,3)6-12-7(11)10-5-4-9/h4-6,9H2,1-3H3,(H,10,11). The molecule has 4 heteroatoms. The Morgan fingerprint density at radius 1 is 1.50 bits per heavy atom. The highest BCUT2D eigenvalue weighted by atomic mass is 16.5. The molecule has 0 aliphatic rings. The minimum atomic E-state index is -0.393. The number of rotatable bonds is 3. The predicted molar refractivity (Wildman–Crippen MR) is 47.9 cm³/mol. The molecular weight excluding hydrogens is 156 g/mol. The van der Waals surface area contributed by atoms with Crippen LogP contribution in [0.5, 0.6) is 0 Å². The van der Waals surface area contributed by atoms with Gasteiger partial charge in [-0.05, 0) is 5.41 Å². The fourth-order valence-electron chi connectivity index (χ4n) is 0.507. The first kappa shape index (κ1) is 11.2. The number of nitrogens with one attached hydrogen (secondary N) is 1. The van der Waals surface area contributed by atoms with Gasteiger partial charge >= 0.3 is 6.09 Å². The molecule has 0 atom stereocenters. The Bertz CT molecular complexity index is 140. The van der Waals surface area contributed by atoms with E-state index < -0.39 is 6.09 Å². The molecule has 1 amide bonds. The average Bonchev–Trinajstić information content (AvgIpc) is 1.95. The molecule has 0 aromatic rings. The van der Waals surface area contributed by atoms with Crippen LogP contribution in [0.25, 0.3) is 0 Å². The molecule has 0 unspecified atom stereocenters. The fraction of sp³-hybridized carbons (Fsp3) is 0.875. The van der Waals surface area contributed by atoms with Crippen molar-refractivity contribution in [2.45, 2.75) is 20.8 Å². The number of hydrogen-bond donors (Lipinski definition) is 2. The van der Waals surface area contributed by atoms with Gasteiger partial charge in [-0.3, -0.25) is 0 Å². The van der Waals surface area contributed by atoms with Crippen LogP contribution in [-0.4, -0.2) is 25.8 Å². The third-order valence-electron chi connectivity index (χ3n) is 1.05. The second-order valence-electron chi connectivity index (χ2n) is 3.85. The highest BCUT2D eigenvalue weighted by Crippen LogP contribution is 2.12. The van der Waals surface area contributed by atoms with Gasteiger partial charge in [-0.1, -0.05) is 20.8 Å². The van der Waals surface area contributed by atoms with E-state index in [-0.39, 0.29) is 5.41 Å². The number of amides is 1. The van der Waals surface area contributed by atoms with Gasteiger partial charge in [0.25, 0.3) is 0 Å². The van der Waals surface area contributed by atoms with Gasteiger partial charge in [0.05, 0.1) is 6.61 Å². The Labute approximate surface area is 73.5 Å². The second-order valence-corrected chi connectivity index (χ2v) is 3.85. The van der Waals surface area contributed by atoms with E-state index >= 15 is 0 Å². The lowest BCUT2D eigenvalue weighted by atomic mass is 9.99. The third-order valence-corrected chi connectivity index (χ3v) is 1.05. The molecule has 0 aliphatic carbocycles. The first-order valence-corrected chi connectivity index (χ1v) is 4.06. The maximum Gasteiger partial charge on any atom is 0.407 e. The van der Waals surface area contributed by atoms with Crippen LogP contribution in [0.4, 0.5) is 4.79 Å². The smallest absolute Gasteiger partial charge is 0.407 e. The summed E-state index contributed by atoms with van der Waals surface area (Å²) in [4.78, 5) is 10.9. The zero-order valence-corrected chi connectivity index (χ0v) is 8.02. The summed E-state index contributed by atoms with van der Waals surface area (Å²) in [6, 6.07) is 0. The van der Waals surface area contributed by atoms with Crippen molar-refractivity contribution in [3.05, 3.63) is 0 Å². The van der Waals surface area contributed by atoms with Crippen LogP contribution in [0.2, 0.25) is 0 Å². The van der Waals surface area contributed by atoms with Gasteiger partial charge in [-0.2, -0.15) is 0 Å². The third kappa shape index (κ3) is 7.34. The molecule has 12 heavy (non-hydrogen) atoms. The van der Waals surface area contributed by atoms with Crippen molar-refractivity contribution in [3.8, 4) is 0 Å². The summed E-state index contributed by atoms with van der Waals surface area (Å²) in [5.41, 5.74) is 5.20. The fourth-order valence-corrected chi connectivity index (χ4v) is 0.507. The van der Waals surface area contributed by atoms with Gasteiger partial charge in [0.15, 0.2) is 0 Å². The van der Waals surface area contributed by atoms with Gasteiger partial charge in [0, 0.05) is 13.1 Å². The summed E-state index contributed by atoms with van der Waals surface area (Å²) in [5, 5.41) is 2.52. The van der Waals surface area contributed by atoms with Crippen molar-refractivity contribution < 1.29 is 9.53 Å². The summed E-state index contributed by atoms with van der Waals surface area (Å²) >= 11 is 0. The summed E-state index contributed by atoms with van der Waals surface area (Å²) in [6.45, 7) is 7.33. The topological polar surface area (TPSA) is 64.3 Å². The van der Waals surface area contributed by atoms with Crippen molar-refractivity contribution in [2.75, 3.05) is 19.7 Å². The zero-order chi connectivity index (χ0) is 9.61. The summed E-state index contributed by atoms with van der Waals surface area (Å²) in [6.07, 6.45) is -0.393. The summed E-state index contributed by atoms with van der Waals surface area (Å²) < 4.78 is 4.90. The number of carbonyl (C=O) groups excluding carboxylic acids is 1. The second kappa shape index (κ2) is 4.98. The molecule has 0 saturated heterocycles.